The average Bonchev–Trinajstić information content (AvgIpc) is 3.29. The molecule has 2 aromatic carbocycles. The lowest BCUT2D eigenvalue weighted by Crippen LogP contribution is -2.36. The molecule has 0 radical (unpaired) electrons. The van der Waals surface area contributed by atoms with Crippen LogP contribution in [0.25, 0.3) is 5.69 Å². The van der Waals surface area contributed by atoms with Gasteiger partial charge in [0.05, 0.1) is 18.4 Å². The number of ether oxygens (including phenoxy) is 2. The van der Waals surface area contributed by atoms with Gasteiger partial charge < -0.3 is 14.8 Å². The van der Waals surface area contributed by atoms with Crippen molar-refractivity contribution in [2.24, 2.45) is 0 Å². The molecule has 0 aliphatic carbocycles. The molecule has 0 bridgehead atoms. The predicted molar refractivity (Wildman–Crippen MR) is 104 cm³/mol. The molecule has 1 amide bonds. The van der Waals surface area contributed by atoms with Crippen molar-refractivity contribution < 1.29 is 19.1 Å². The molecular weight excluding hydrogens is 374 g/mol. The maximum atomic E-state index is 12.3. The van der Waals surface area contributed by atoms with Gasteiger partial charge in [0.2, 0.25) is 0 Å². The zero-order chi connectivity index (χ0) is 20.6. The van der Waals surface area contributed by atoms with E-state index < -0.39 is 12.1 Å². The Balaban J connectivity index is 1.46. The molecule has 0 fully saturated rings. The third-order valence-corrected chi connectivity index (χ3v) is 4.24. The van der Waals surface area contributed by atoms with E-state index in [2.05, 4.69) is 20.8 Å². The standard InChI is InChI=1S/C20H21N5O4/c1-14(19(26)21-12-11-15-3-9-18(28-2)10-4-15)29-20(27)16-5-7-17(8-6-16)25-13-22-23-24-25/h3-10,13-14H,11-12H2,1-2H3,(H,21,26)/t14-/m0/s1. The molecule has 3 rings (SSSR count). The van der Waals surface area contributed by atoms with Crippen molar-refractivity contribution in [2.75, 3.05) is 13.7 Å². The number of carbonyl (C=O) groups is 2. The van der Waals surface area contributed by atoms with Gasteiger partial charge in [0.15, 0.2) is 6.10 Å². The van der Waals surface area contributed by atoms with Crippen LogP contribution in [-0.2, 0) is 16.0 Å². The van der Waals surface area contributed by atoms with E-state index in [-0.39, 0.29) is 5.91 Å². The molecule has 0 aliphatic rings. The molecule has 1 atom stereocenters. The average molecular weight is 395 g/mol. The topological polar surface area (TPSA) is 108 Å². The number of tetrazole rings is 1. The van der Waals surface area contributed by atoms with Crippen molar-refractivity contribution in [2.45, 2.75) is 19.4 Å². The Kier molecular flexibility index (Phi) is 6.51. The van der Waals surface area contributed by atoms with E-state index in [1.165, 1.54) is 17.9 Å². The van der Waals surface area contributed by atoms with Crippen molar-refractivity contribution in [1.82, 2.24) is 25.5 Å². The molecule has 0 saturated carbocycles. The molecule has 0 aliphatic heterocycles. The van der Waals surface area contributed by atoms with Crippen molar-refractivity contribution in [3.05, 3.63) is 66.0 Å². The monoisotopic (exact) mass is 395 g/mol. The maximum Gasteiger partial charge on any atom is 0.338 e. The van der Waals surface area contributed by atoms with Crippen LogP contribution in [0.15, 0.2) is 54.9 Å². The fourth-order valence-electron chi connectivity index (χ4n) is 2.58. The highest BCUT2D eigenvalue weighted by molar-refractivity contribution is 5.92. The Morgan fingerprint density at radius 1 is 1.10 bits per heavy atom. The third-order valence-electron chi connectivity index (χ3n) is 4.24. The minimum absolute atomic E-state index is 0.333. The van der Waals surface area contributed by atoms with Crippen LogP contribution in [0, 0.1) is 0 Å². The molecule has 0 saturated heterocycles. The number of benzene rings is 2. The summed E-state index contributed by atoms with van der Waals surface area (Å²) in [5, 5.41) is 13.7. The summed E-state index contributed by atoms with van der Waals surface area (Å²) in [6.45, 7) is 1.98. The van der Waals surface area contributed by atoms with E-state index in [0.717, 1.165) is 11.3 Å². The van der Waals surface area contributed by atoms with Crippen LogP contribution < -0.4 is 10.1 Å². The van der Waals surface area contributed by atoms with Gasteiger partial charge in [-0.15, -0.1) is 5.10 Å². The van der Waals surface area contributed by atoms with Crippen molar-refractivity contribution in [3.8, 4) is 11.4 Å². The van der Waals surface area contributed by atoms with Gasteiger partial charge in [-0.05, 0) is 65.7 Å². The van der Waals surface area contributed by atoms with Crippen LogP contribution in [0.4, 0.5) is 0 Å². The summed E-state index contributed by atoms with van der Waals surface area (Å²) < 4.78 is 11.8. The Hall–Kier alpha value is -3.75. The summed E-state index contributed by atoms with van der Waals surface area (Å²) in [4.78, 5) is 24.4. The van der Waals surface area contributed by atoms with Gasteiger partial charge in [0, 0.05) is 6.54 Å². The largest absolute Gasteiger partial charge is 0.497 e. The SMILES string of the molecule is COc1ccc(CCNC(=O)[C@H](C)OC(=O)c2ccc(-n3cnnn3)cc2)cc1. The van der Waals surface area contributed by atoms with E-state index in [0.29, 0.717) is 24.2 Å². The normalized spacial score (nSPS) is 11.5. The number of esters is 1. The fraction of sp³-hybridized carbons (Fsp3) is 0.250. The number of methoxy groups -OCH3 is 1. The molecule has 1 N–H and O–H groups in total. The molecular formula is C20H21N5O4. The van der Waals surface area contributed by atoms with Gasteiger partial charge in [-0.2, -0.15) is 0 Å². The Morgan fingerprint density at radius 2 is 1.83 bits per heavy atom. The lowest BCUT2D eigenvalue weighted by Gasteiger charge is -2.14. The first kappa shape index (κ1) is 20.0. The minimum Gasteiger partial charge on any atom is -0.497 e. The molecule has 3 aromatic rings. The Bertz CT molecular complexity index is 940. The second-order valence-corrected chi connectivity index (χ2v) is 6.24. The number of nitrogens with one attached hydrogen (secondary N) is 1. The van der Waals surface area contributed by atoms with Crippen LogP contribution in [0.5, 0.6) is 5.75 Å². The second kappa shape index (κ2) is 9.45. The number of hydrogen-bond donors (Lipinski definition) is 1. The summed E-state index contributed by atoms with van der Waals surface area (Å²) in [6.07, 6.45) is 1.21. The molecule has 1 aromatic heterocycles. The molecule has 9 nitrogen and oxygen atoms in total. The molecule has 29 heavy (non-hydrogen) atoms. The molecule has 0 spiro atoms. The lowest BCUT2D eigenvalue weighted by atomic mass is 10.1. The quantitative estimate of drug-likeness (QED) is 0.577. The van der Waals surface area contributed by atoms with Crippen LogP contribution >= 0.6 is 0 Å². The second-order valence-electron chi connectivity index (χ2n) is 6.24. The van der Waals surface area contributed by atoms with E-state index in [9.17, 15) is 9.59 Å². The van der Waals surface area contributed by atoms with Crippen LogP contribution in [0.1, 0.15) is 22.8 Å². The first-order chi connectivity index (χ1) is 14.1. The summed E-state index contributed by atoms with van der Waals surface area (Å²) in [7, 11) is 1.61. The van der Waals surface area contributed by atoms with E-state index in [1.807, 2.05) is 24.3 Å². The first-order valence-corrected chi connectivity index (χ1v) is 9.02. The van der Waals surface area contributed by atoms with Crippen molar-refractivity contribution in [1.29, 1.82) is 0 Å². The predicted octanol–water partition coefficient (Wildman–Crippen LogP) is 1.58. The minimum atomic E-state index is -0.905. The summed E-state index contributed by atoms with van der Waals surface area (Å²) in [5.74, 6) is -0.146. The van der Waals surface area contributed by atoms with E-state index in [4.69, 9.17) is 9.47 Å². The van der Waals surface area contributed by atoms with E-state index >= 15 is 0 Å². The smallest absolute Gasteiger partial charge is 0.338 e. The number of nitrogens with zero attached hydrogens (tertiary/aromatic N) is 4. The summed E-state index contributed by atoms with van der Waals surface area (Å²) >= 11 is 0. The van der Waals surface area contributed by atoms with Crippen LogP contribution in [0.3, 0.4) is 0 Å². The van der Waals surface area contributed by atoms with Gasteiger partial charge in [-0.1, -0.05) is 12.1 Å². The van der Waals surface area contributed by atoms with Gasteiger partial charge in [0.25, 0.3) is 5.91 Å². The molecule has 0 unspecified atom stereocenters. The van der Waals surface area contributed by atoms with Gasteiger partial charge >= 0.3 is 5.97 Å². The molecule has 1 heterocycles. The first-order valence-electron chi connectivity index (χ1n) is 9.02. The Morgan fingerprint density at radius 3 is 2.45 bits per heavy atom. The van der Waals surface area contributed by atoms with Crippen LogP contribution in [0.2, 0.25) is 0 Å². The van der Waals surface area contributed by atoms with E-state index in [1.54, 1.807) is 31.4 Å². The number of rotatable bonds is 8. The fourth-order valence-corrected chi connectivity index (χ4v) is 2.58. The zero-order valence-corrected chi connectivity index (χ0v) is 16.1. The lowest BCUT2D eigenvalue weighted by molar-refractivity contribution is -0.129. The number of aromatic nitrogens is 4. The zero-order valence-electron chi connectivity index (χ0n) is 16.1. The molecule has 9 heteroatoms. The number of carbonyl (C=O) groups excluding carboxylic acids is 2. The Labute approximate surface area is 167 Å². The van der Waals surface area contributed by atoms with Gasteiger partial charge in [-0.25, -0.2) is 9.48 Å². The highest BCUT2D eigenvalue weighted by Crippen LogP contribution is 2.12. The maximum absolute atomic E-state index is 12.3. The highest BCUT2D eigenvalue weighted by atomic mass is 16.5. The molecule has 150 valence electrons. The van der Waals surface area contributed by atoms with Crippen molar-refractivity contribution >= 4 is 11.9 Å². The highest BCUT2D eigenvalue weighted by Gasteiger charge is 2.18. The summed E-state index contributed by atoms with van der Waals surface area (Å²) in [6, 6.07) is 14.2. The number of hydrogen-bond acceptors (Lipinski definition) is 7. The van der Waals surface area contributed by atoms with Crippen LogP contribution in [-0.4, -0.2) is 51.8 Å². The summed E-state index contributed by atoms with van der Waals surface area (Å²) in [5.41, 5.74) is 2.11. The van der Waals surface area contributed by atoms with Gasteiger partial charge in [-0.3, -0.25) is 4.79 Å². The number of amides is 1. The van der Waals surface area contributed by atoms with Gasteiger partial charge in [0.1, 0.15) is 12.1 Å². The van der Waals surface area contributed by atoms with Crippen molar-refractivity contribution in [3.63, 3.8) is 0 Å². The third kappa shape index (κ3) is 5.38.